The third-order valence-corrected chi connectivity index (χ3v) is 1.57. The normalized spacial score (nSPS) is 13.5. The second-order valence-electron chi connectivity index (χ2n) is 3.15. The molecule has 0 fully saturated rings. The molecule has 1 atom stereocenters. The van der Waals surface area contributed by atoms with E-state index in [1.165, 1.54) is 5.57 Å². The molecule has 0 amide bonds. The summed E-state index contributed by atoms with van der Waals surface area (Å²) in [7, 11) is 1.99. The Hall–Kier alpha value is -0.340. The van der Waals surface area contributed by atoms with Crippen molar-refractivity contribution in [1.82, 2.24) is 4.90 Å². The molecule has 1 unspecified atom stereocenters. The van der Waals surface area contributed by atoms with E-state index in [2.05, 4.69) is 18.4 Å². The Labute approximate surface area is 69.5 Å². The first-order valence-electron chi connectivity index (χ1n) is 4.09. The molecule has 0 saturated carbocycles. The highest BCUT2D eigenvalue weighted by atomic mass is 16.3. The van der Waals surface area contributed by atoms with E-state index in [1.54, 1.807) is 6.92 Å². The van der Waals surface area contributed by atoms with Gasteiger partial charge in [0, 0.05) is 13.1 Å². The van der Waals surface area contributed by atoms with Crippen molar-refractivity contribution in [2.45, 2.75) is 26.4 Å². The Morgan fingerprint density at radius 2 is 2.18 bits per heavy atom. The summed E-state index contributed by atoms with van der Waals surface area (Å²) in [5.74, 6) is 0. The summed E-state index contributed by atoms with van der Waals surface area (Å²) < 4.78 is 0. The zero-order valence-electron chi connectivity index (χ0n) is 7.80. The molecule has 0 bridgehead atoms. The molecule has 0 aromatic heterocycles. The number of likely N-dealkylation sites (N-methyl/N-ethyl adjacent to an activating group) is 1. The summed E-state index contributed by atoms with van der Waals surface area (Å²) >= 11 is 0. The van der Waals surface area contributed by atoms with Crippen LogP contribution in [-0.4, -0.2) is 36.2 Å². The fraction of sp³-hybridized carbons (Fsp3) is 0.778. The van der Waals surface area contributed by atoms with Crippen LogP contribution < -0.4 is 0 Å². The zero-order chi connectivity index (χ0) is 8.85. The van der Waals surface area contributed by atoms with Gasteiger partial charge in [-0.2, -0.15) is 0 Å². The molecule has 1 N–H and O–H groups in total. The van der Waals surface area contributed by atoms with E-state index < -0.39 is 0 Å². The summed E-state index contributed by atoms with van der Waals surface area (Å²) in [5.41, 5.74) is 1.22. The maximum atomic E-state index is 9.04. The van der Waals surface area contributed by atoms with Crippen molar-refractivity contribution < 1.29 is 5.11 Å². The van der Waals surface area contributed by atoms with Crippen molar-refractivity contribution in [3.05, 3.63) is 12.2 Å². The molecule has 0 spiro atoms. The Bertz CT molecular complexity index is 121. The minimum absolute atomic E-state index is 0.246. The van der Waals surface area contributed by atoms with Gasteiger partial charge < -0.3 is 5.11 Å². The van der Waals surface area contributed by atoms with E-state index in [4.69, 9.17) is 5.11 Å². The van der Waals surface area contributed by atoms with Crippen LogP contribution in [0.5, 0.6) is 0 Å². The minimum Gasteiger partial charge on any atom is -0.392 e. The second-order valence-corrected chi connectivity index (χ2v) is 3.15. The standard InChI is InChI=1S/C9H19NO/c1-5-8(2)6-10(4)7-9(3)11/h9,11H,2,5-7H2,1,3-4H3. The molecule has 0 aliphatic carbocycles. The first-order chi connectivity index (χ1) is 5.06. The van der Waals surface area contributed by atoms with Gasteiger partial charge in [-0.15, -0.1) is 0 Å². The Morgan fingerprint density at radius 1 is 1.64 bits per heavy atom. The van der Waals surface area contributed by atoms with Crippen LogP contribution in [0.25, 0.3) is 0 Å². The van der Waals surface area contributed by atoms with Crippen molar-refractivity contribution in [3.63, 3.8) is 0 Å². The second kappa shape index (κ2) is 5.33. The van der Waals surface area contributed by atoms with Crippen molar-refractivity contribution in [2.24, 2.45) is 0 Å². The van der Waals surface area contributed by atoms with Crippen LogP contribution in [0.2, 0.25) is 0 Å². The Kier molecular flexibility index (Phi) is 5.16. The van der Waals surface area contributed by atoms with Gasteiger partial charge in [0.1, 0.15) is 0 Å². The molecule has 0 heterocycles. The van der Waals surface area contributed by atoms with Crippen molar-refractivity contribution in [1.29, 1.82) is 0 Å². The lowest BCUT2D eigenvalue weighted by molar-refractivity contribution is 0.146. The lowest BCUT2D eigenvalue weighted by Crippen LogP contribution is -2.28. The van der Waals surface area contributed by atoms with Gasteiger partial charge in [0.15, 0.2) is 0 Å². The average molecular weight is 157 g/mol. The first-order valence-corrected chi connectivity index (χ1v) is 4.09. The summed E-state index contributed by atoms with van der Waals surface area (Å²) in [6, 6.07) is 0. The Morgan fingerprint density at radius 3 is 2.55 bits per heavy atom. The number of hydrogen-bond acceptors (Lipinski definition) is 2. The number of aliphatic hydroxyl groups is 1. The largest absolute Gasteiger partial charge is 0.392 e. The summed E-state index contributed by atoms with van der Waals surface area (Å²) in [6.07, 6.45) is 0.772. The zero-order valence-corrected chi connectivity index (χ0v) is 7.80. The van der Waals surface area contributed by atoms with Gasteiger partial charge in [0.2, 0.25) is 0 Å². The fourth-order valence-electron chi connectivity index (χ4n) is 1.01. The molecule has 2 nitrogen and oxygen atoms in total. The summed E-state index contributed by atoms with van der Waals surface area (Å²) in [4.78, 5) is 2.08. The molecule has 0 rings (SSSR count). The average Bonchev–Trinajstić information content (AvgIpc) is 1.85. The first kappa shape index (κ1) is 10.7. The van der Waals surface area contributed by atoms with Gasteiger partial charge >= 0.3 is 0 Å². The maximum Gasteiger partial charge on any atom is 0.0639 e. The van der Waals surface area contributed by atoms with Crippen LogP contribution in [-0.2, 0) is 0 Å². The molecule has 66 valence electrons. The van der Waals surface area contributed by atoms with E-state index in [1.807, 2.05) is 7.05 Å². The lowest BCUT2D eigenvalue weighted by atomic mass is 10.2. The highest BCUT2D eigenvalue weighted by Gasteiger charge is 2.02. The van der Waals surface area contributed by atoms with Gasteiger partial charge in [-0.3, -0.25) is 4.90 Å². The summed E-state index contributed by atoms with van der Waals surface area (Å²) in [5, 5.41) is 9.04. The van der Waals surface area contributed by atoms with Crippen LogP contribution >= 0.6 is 0 Å². The van der Waals surface area contributed by atoms with Crippen LogP contribution in [0.3, 0.4) is 0 Å². The molecule has 11 heavy (non-hydrogen) atoms. The van der Waals surface area contributed by atoms with E-state index in [-0.39, 0.29) is 6.10 Å². The highest BCUT2D eigenvalue weighted by molar-refractivity contribution is 4.95. The topological polar surface area (TPSA) is 23.5 Å². The molecule has 0 aliphatic rings. The third-order valence-electron chi connectivity index (χ3n) is 1.57. The molecule has 2 heteroatoms. The van der Waals surface area contributed by atoms with E-state index in [0.717, 1.165) is 19.5 Å². The van der Waals surface area contributed by atoms with Crippen LogP contribution in [0.15, 0.2) is 12.2 Å². The van der Waals surface area contributed by atoms with Crippen LogP contribution in [0, 0.1) is 0 Å². The lowest BCUT2D eigenvalue weighted by Gasteiger charge is -2.18. The Balaban J connectivity index is 3.51. The molecular weight excluding hydrogens is 138 g/mol. The van der Waals surface area contributed by atoms with E-state index in [9.17, 15) is 0 Å². The van der Waals surface area contributed by atoms with Gasteiger partial charge in [0.25, 0.3) is 0 Å². The van der Waals surface area contributed by atoms with Crippen molar-refractivity contribution in [3.8, 4) is 0 Å². The predicted molar refractivity (Wildman–Crippen MR) is 48.6 cm³/mol. The predicted octanol–water partition coefficient (Wildman–Crippen LogP) is 1.27. The van der Waals surface area contributed by atoms with Crippen molar-refractivity contribution in [2.75, 3.05) is 20.1 Å². The van der Waals surface area contributed by atoms with Gasteiger partial charge in [-0.1, -0.05) is 19.1 Å². The van der Waals surface area contributed by atoms with Crippen LogP contribution in [0.1, 0.15) is 20.3 Å². The molecule has 0 aromatic rings. The SMILES string of the molecule is C=C(CC)CN(C)CC(C)O. The van der Waals surface area contributed by atoms with Gasteiger partial charge in [-0.25, -0.2) is 0 Å². The molecule has 0 aliphatic heterocycles. The summed E-state index contributed by atoms with van der Waals surface area (Å²) in [6.45, 7) is 9.40. The smallest absolute Gasteiger partial charge is 0.0639 e. The molecule has 0 aromatic carbocycles. The van der Waals surface area contributed by atoms with Gasteiger partial charge in [-0.05, 0) is 20.4 Å². The monoisotopic (exact) mass is 157 g/mol. The number of hydrogen-bond donors (Lipinski definition) is 1. The third kappa shape index (κ3) is 6.07. The number of nitrogens with zero attached hydrogens (tertiary/aromatic N) is 1. The van der Waals surface area contributed by atoms with E-state index >= 15 is 0 Å². The number of aliphatic hydroxyl groups excluding tert-OH is 1. The van der Waals surface area contributed by atoms with Crippen molar-refractivity contribution >= 4 is 0 Å². The van der Waals surface area contributed by atoms with Crippen LogP contribution in [0.4, 0.5) is 0 Å². The molecule has 0 saturated heterocycles. The fourth-order valence-corrected chi connectivity index (χ4v) is 1.01. The quantitative estimate of drug-likeness (QED) is 0.607. The minimum atomic E-state index is -0.246. The molecular formula is C9H19NO. The highest BCUT2D eigenvalue weighted by Crippen LogP contribution is 1.99. The van der Waals surface area contributed by atoms with E-state index in [0.29, 0.717) is 0 Å². The number of rotatable bonds is 5. The maximum absolute atomic E-state index is 9.04. The van der Waals surface area contributed by atoms with Gasteiger partial charge in [0.05, 0.1) is 6.10 Å². The molecule has 0 radical (unpaired) electrons.